The predicted octanol–water partition coefficient (Wildman–Crippen LogP) is 2.94. The monoisotopic (exact) mass is 258 g/mol. The van der Waals surface area contributed by atoms with Crippen LogP contribution in [-0.4, -0.2) is 16.1 Å². The van der Waals surface area contributed by atoms with Crippen molar-refractivity contribution in [3.63, 3.8) is 0 Å². The fourth-order valence-corrected chi connectivity index (χ4v) is 2.41. The number of aromatic nitrogens is 1. The Kier molecular flexibility index (Phi) is 3.40. The molecule has 2 rings (SSSR count). The van der Waals surface area contributed by atoms with Gasteiger partial charge in [0.1, 0.15) is 16.0 Å². The van der Waals surface area contributed by atoms with E-state index in [1.807, 2.05) is 30.3 Å². The van der Waals surface area contributed by atoms with Crippen molar-refractivity contribution in [1.29, 1.82) is 5.26 Å². The van der Waals surface area contributed by atoms with E-state index in [-0.39, 0.29) is 10.6 Å². The van der Waals surface area contributed by atoms with Gasteiger partial charge >= 0.3 is 5.97 Å². The van der Waals surface area contributed by atoms with Gasteiger partial charge in [0, 0.05) is 5.56 Å². The molecule has 1 aromatic heterocycles. The predicted molar refractivity (Wildman–Crippen MR) is 68.6 cm³/mol. The SMILES string of the molecule is CCc1ccc(-c2nc(C(=O)O)c(C#N)s2)cc1. The first-order valence-electron chi connectivity index (χ1n) is 5.39. The van der Waals surface area contributed by atoms with Gasteiger partial charge in [-0.1, -0.05) is 31.2 Å². The number of aromatic carboxylic acids is 1. The molecule has 18 heavy (non-hydrogen) atoms. The number of carbonyl (C=O) groups is 1. The van der Waals surface area contributed by atoms with E-state index >= 15 is 0 Å². The van der Waals surface area contributed by atoms with Crippen LogP contribution in [0.1, 0.15) is 27.9 Å². The fourth-order valence-electron chi connectivity index (χ4n) is 1.55. The molecule has 0 amide bonds. The number of carboxylic acid groups (broad SMARTS) is 1. The summed E-state index contributed by atoms with van der Waals surface area (Å²) >= 11 is 1.10. The fraction of sp³-hybridized carbons (Fsp3) is 0.154. The van der Waals surface area contributed by atoms with Crippen LogP contribution >= 0.6 is 11.3 Å². The van der Waals surface area contributed by atoms with Crippen LogP contribution in [0.2, 0.25) is 0 Å². The molecule has 0 spiro atoms. The summed E-state index contributed by atoms with van der Waals surface area (Å²) in [6.45, 7) is 2.06. The third kappa shape index (κ3) is 2.24. The van der Waals surface area contributed by atoms with Gasteiger partial charge in [-0.3, -0.25) is 0 Å². The summed E-state index contributed by atoms with van der Waals surface area (Å²) in [4.78, 5) is 15.1. The van der Waals surface area contributed by atoms with Crippen LogP contribution in [0.3, 0.4) is 0 Å². The molecule has 0 bridgehead atoms. The number of benzene rings is 1. The molecule has 0 aliphatic carbocycles. The summed E-state index contributed by atoms with van der Waals surface area (Å²) in [7, 11) is 0. The molecule has 0 unspecified atom stereocenters. The first-order chi connectivity index (χ1) is 8.65. The molecule has 0 radical (unpaired) electrons. The second-order valence-corrected chi connectivity index (χ2v) is 4.66. The first-order valence-corrected chi connectivity index (χ1v) is 6.21. The molecule has 90 valence electrons. The van der Waals surface area contributed by atoms with Gasteiger partial charge in [-0.05, 0) is 12.0 Å². The van der Waals surface area contributed by atoms with Gasteiger partial charge in [-0.25, -0.2) is 9.78 Å². The third-order valence-electron chi connectivity index (χ3n) is 2.54. The van der Waals surface area contributed by atoms with Gasteiger partial charge in [0.25, 0.3) is 0 Å². The topological polar surface area (TPSA) is 74.0 Å². The van der Waals surface area contributed by atoms with E-state index in [4.69, 9.17) is 10.4 Å². The molecule has 1 N–H and O–H groups in total. The van der Waals surface area contributed by atoms with Crippen LogP contribution in [-0.2, 0) is 6.42 Å². The number of nitriles is 1. The maximum atomic E-state index is 10.9. The molecule has 0 saturated carbocycles. The van der Waals surface area contributed by atoms with E-state index < -0.39 is 5.97 Å². The average molecular weight is 258 g/mol. The molecule has 0 aliphatic rings. The molecule has 1 heterocycles. The van der Waals surface area contributed by atoms with Crippen LogP contribution in [0.4, 0.5) is 0 Å². The van der Waals surface area contributed by atoms with Crippen molar-refractivity contribution in [2.24, 2.45) is 0 Å². The standard InChI is InChI=1S/C13H10N2O2S/c1-2-8-3-5-9(6-4-8)12-15-11(13(16)17)10(7-14)18-12/h3-6H,2H2,1H3,(H,16,17). The second kappa shape index (κ2) is 4.98. The third-order valence-corrected chi connectivity index (χ3v) is 3.55. The van der Waals surface area contributed by atoms with Crippen molar-refractivity contribution in [2.75, 3.05) is 0 Å². The Morgan fingerprint density at radius 2 is 2.11 bits per heavy atom. The minimum Gasteiger partial charge on any atom is -0.476 e. The number of thiazole rings is 1. The smallest absolute Gasteiger partial charge is 0.356 e. The largest absolute Gasteiger partial charge is 0.476 e. The van der Waals surface area contributed by atoms with Gasteiger partial charge in [0.2, 0.25) is 0 Å². The Hall–Kier alpha value is -2.19. The van der Waals surface area contributed by atoms with Gasteiger partial charge in [-0.2, -0.15) is 5.26 Å². The molecule has 2 aromatic rings. The minimum absolute atomic E-state index is 0.136. The Bertz CT molecular complexity index is 623. The maximum Gasteiger partial charge on any atom is 0.356 e. The molecule has 1 aromatic carbocycles. The molecule has 5 heteroatoms. The highest BCUT2D eigenvalue weighted by Gasteiger charge is 2.17. The van der Waals surface area contributed by atoms with Crippen molar-refractivity contribution in [1.82, 2.24) is 4.98 Å². The Labute approximate surface area is 108 Å². The lowest BCUT2D eigenvalue weighted by molar-refractivity contribution is 0.0691. The molecular formula is C13H10N2O2S. The summed E-state index contributed by atoms with van der Waals surface area (Å²) < 4.78 is 0. The normalized spacial score (nSPS) is 10.0. The van der Waals surface area contributed by atoms with Crippen LogP contribution in [0.15, 0.2) is 24.3 Å². The van der Waals surface area contributed by atoms with Crippen molar-refractivity contribution < 1.29 is 9.90 Å². The van der Waals surface area contributed by atoms with E-state index in [1.165, 1.54) is 5.56 Å². The molecule has 0 atom stereocenters. The number of hydrogen-bond acceptors (Lipinski definition) is 4. The summed E-state index contributed by atoms with van der Waals surface area (Å²) in [5.74, 6) is -1.17. The molecule has 0 fully saturated rings. The summed E-state index contributed by atoms with van der Waals surface area (Å²) in [6, 6.07) is 9.60. The van der Waals surface area contributed by atoms with E-state index in [2.05, 4.69) is 11.9 Å². The summed E-state index contributed by atoms with van der Waals surface area (Å²) in [5, 5.41) is 18.4. The minimum atomic E-state index is -1.17. The van der Waals surface area contributed by atoms with Crippen molar-refractivity contribution >= 4 is 17.3 Å². The highest BCUT2D eigenvalue weighted by Crippen LogP contribution is 2.28. The maximum absolute atomic E-state index is 10.9. The lowest BCUT2D eigenvalue weighted by Gasteiger charge is -1.98. The van der Waals surface area contributed by atoms with Gasteiger partial charge in [-0.15, -0.1) is 11.3 Å². The molecule has 0 aliphatic heterocycles. The van der Waals surface area contributed by atoms with Crippen LogP contribution in [0, 0.1) is 11.3 Å². The highest BCUT2D eigenvalue weighted by atomic mass is 32.1. The van der Waals surface area contributed by atoms with E-state index in [1.54, 1.807) is 0 Å². The van der Waals surface area contributed by atoms with E-state index in [0.29, 0.717) is 5.01 Å². The van der Waals surface area contributed by atoms with Crippen molar-refractivity contribution in [3.05, 3.63) is 40.4 Å². The van der Waals surface area contributed by atoms with Crippen LogP contribution < -0.4 is 0 Å². The Morgan fingerprint density at radius 3 is 2.56 bits per heavy atom. The zero-order chi connectivity index (χ0) is 13.1. The molecule has 4 nitrogen and oxygen atoms in total. The van der Waals surface area contributed by atoms with Gasteiger partial charge in [0.15, 0.2) is 5.69 Å². The van der Waals surface area contributed by atoms with Gasteiger partial charge < -0.3 is 5.11 Å². The Morgan fingerprint density at radius 1 is 1.44 bits per heavy atom. The number of rotatable bonds is 3. The highest BCUT2D eigenvalue weighted by molar-refractivity contribution is 7.15. The number of hydrogen-bond donors (Lipinski definition) is 1. The van der Waals surface area contributed by atoms with E-state index in [0.717, 1.165) is 23.3 Å². The second-order valence-electron chi connectivity index (χ2n) is 3.66. The summed E-state index contributed by atoms with van der Waals surface area (Å²) in [6.07, 6.45) is 0.946. The van der Waals surface area contributed by atoms with Crippen molar-refractivity contribution in [3.8, 4) is 16.6 Å². The molecular weight excluding hydrogens is 248 g/mol. The van der Waals surface area contributed by atoms with Crippen LogP contribution in [0.5, 0.6) is 0 Å². The number of carboxylic acids is 1. The lowest BCUT2D eigenvalue weighted by atomic mass is 10.1. The number of nitrogens with zero attached hydrogens (tertiary/aromatic N) is 2. The Balaban J connectivity index is 2.45. The molecule has 0 saturated heterocycles. The van der Waals surface area contributed by atoms with Gasteiger partial charge in [0.05, 0.1) is 0 Å². The number of aryl methyl sites for hydroxylation is 1. The zero-order valence-electron chi connectivity index (χ0n) is 9.67. The lowest BCUT2D eigenvalue weighted by Crippen LogP contribution is -1.98. The average Bonchev–Trinajstić information content (AvgIpc) is 2.83. The van der Waals surface area contributed by atoms with E-state index in [9.17, 15) is 4.79 Å². The summed E-state index contributed by atoms with van der Waals surface area (Å²) in [5.41, 5.74) is 1.87. The first kappa shape index (κ1) is 12.3. The quantitative estimate of drug-likeness (QED) is 0.918. The van der Waals surface area contributed by atoms with Crippen molar-refractivity contribution in [2.45, 2.75) is 13.3 Å². The van der Waals surface area contributed by atoms with Crippen LogP contribution in [0.25, 0.3) is 10.6 Å². The zero-order valence-corrected chi connectivity index (χ0v) is 10.5.